The fraction of sp³-hybridized carbons (Fsp3) is 0.143. The highest BCUT2D eigenvalue weighted by Crippen LogP contribution is 2.30. The summed E-state index contributed by atoms with van der Waals surface area (Å²) in [4.78, 5) is 10.6. The number of nitrogens with zero attached hydrogens (tertiary/aromatic N) is 1. The molecule has 0 fully saturated rings. The molecule has 0 heterocycles. The number of aryl methyl sites for hydroxylation is 1. The van der Waals surface area contributed by atoms with Crippen LogP contribution in [0.2, 0.25) is 5.02 Å². The molecular formula is C14H12BrClN2O2. The van der Waals surface area contributed by atoms with Gasteiger partial charge in [0.1, 0.15) is 0 Å². The van der Waals surface area contributed by atoms with Crippen molar-refractivity contribution < 1.29 is 4.92 Å². The zero-order chi connectivity index (χ0) is 14.7. The molecule has 1 N–H and O–H groups in total. The molecule has 0 aromatic heterocycles. The Morgan fingerprint density at radius 1 is 1.30 bits per heavy atom. The van der Waals surface area contributed by atoms with E-state index in [-0.39, 0.29) is 12.2 Å². The average Bonchev–Trinajstić information content (AvgIpc) is 2.41. The molecule has 104 valence electrons. The van der Waals surface area contributed by atoms with Gasteiger partial charge >= 0.3 is 0 Å². The van der Waals surface area contributed by atoms with Gasteiger partial charge in [-0.1, -0.05) is 29.8 Å². The lowest BCUT2D eigenvalue weighted by molar-refractivity contribution is -0.385. The van der Waals surface area contributed by atoms with Gasteiger partial charge in [-0.05, 0) is 40.5 Å². The van der Waals surface area contributed by atoms with Crippen LogP contribution in [0, 0.1) is 17.0 Å². The first-order valence-corrected chi connectivity index (χ1v) is 7.08. The third kappa shape index (κ3) is 3.11. The lowest BCUT2D eigenvalue weighted by atomic mass is 10.1. The van der Waals surface area contributed by atoms with Gasteiger partial charge in [-0.25, -0.2) is 0 Å². The molecule has 0 saturated carbocycles. The van der Waals surface area contributed by atoms with Crippen LogP contribution in [-0.2, 0) is 6.54 Å². The Kier molecular flexibility index (Phi) is 4.62. The molecule has 0 aliphatic rings. The molecule has 0 aliphatic carbocycles. The second-order valence-electron chi connectivity index (χ2n) is 4.28. The van der Waals surface area contributed by atoms with Crippen molar-refractivity contribution in [1.29, 1.82) is 0 Å². The molecule has 0 spiro atoms. The van der Waals surface area contributed by atoms with Crippen LogP contribution in [0.1, 0.15) is 11.1 Å². The van der Waals surface area contributed by atoms with Crippen molar-refractivity contribution in [2.45, 2.75) is 13.5 Å². The number of benzene rings is 2. The van der Waals surface area contributed by atoms with E-state index in [4.69, 9.17) is 11.6 Å². The largest absolute Gasteiger partial charge is 0.380 e. The van der Waals surface area contributed by atoms with Crippen LogP contribution in [0.25, 0.3) is 0 Å². The normalized spacial score (nSPS) is 10.3. The number of hydrogen-bond acceptors (Lipinski definition) is 3. The average molecular weight is 356 g/mol. The van der Waals surface area contributed by atoms with Gasteiger partial charge in [0.15, 0.2) is 0 Å². The van der Waals surface area contributed by atoms with E-state index >= 15 is 0 Å². The van der Waals surface area contributed by atoms with E-state index in [0.717, 1.165) is 15.7 Å². The molecule has 2 rings (SSSR count). The van der Waals surface area contributed by atoms with E-state index in [1.54, 1.807) is 12.1 Å². The minimum Gasteiger partial charge on any atom is -0.380 e. The Morgan fingerprint density at radius 2 is 2.00 bits per heavy atom. The maximum absolute atomic E-state index is 11.0. The second-order valence-corrected chi connectivity index (χ2v) is 5.48. The summed E-state index contributed by atoms with van der Waals surface area (Å²) in [5.74, 6) is 0. The first-order valence-electron chi connectivity index (χ1n) is 5.91. The number of nitro groups is 1. The number of hydrogen-bond donors (Lipinski definition) is 1. The third-order valence-corrected chi connectivity index (χ3v) is 4.34. The molecule has 4 nitrogen and oxygen atoms in total. The first-order chi connectivity index (χ1) is 9.50. The fourth-order valence-electron chi connectivity index (χ4n) is 1.86. The molecule has 6 heteroatoms. The van der Waals surface area contributed by atoms with Gasteiger partial charge in [0.2, 0.25) is 0 Å². The molecule has 0 bridgehead atoms. The molecule has 0 aliphatic heterocycles. The van der Waals surface area contributed by atoms with Gasteiger partial charge in [-0.2, -0.15) is 0 Å². The van der Waals surface area contributed by atoms with Crippen molar-refractivity contribution in [2.24, 2.45) is 0 Å². The van der Waals surface area contributed by atoms with Crippen molar-refractivity contribution >= 4 is 38.9 Å². The van der Waals surface area contributed by atoms with Crippen molar-refractivity contribution in [3.8, 4) is 0 Å². The van der Waals surface area contributed by atoms with Crippen molar-refractivity contribution in [1.82, 2.24) is 0 Å². The zero-order valence-electron chi connectivity index (χ0n) is 10.7. The second kappa shape index (κ2) is 6.24. The Labute approximate surface area is 130 Å². The molecule has 2 aromatic carbocycles. The third-order valence-electron chi connectivity index (χ3n) is 2.94. The SMILES string of the molecule is Cc1cccc(NCc2c(Cl)cccc2[N+](=O)[O-])c1Br. The van der Waals surface area contributed by atoms with E-state index in [1.165, 1.54) is 6.07 Å². The summed E-state index contributed by atoms with van der Waals surface area (Å²) in [6, 6.07) is 10.5. The number of rotatable bonds is 4. The number of nitrogens with one attached hydrogen (secondary N) is 1. The van der Waals surface area contributed by atoms with Crippen molar-refractivity contribution in [2.75, 3.05) is 5.32 Å². The van der Waals surface area contributed by atoms with Crippen LogP contribution < -0.4 is 5.32 Å². The van der Waals surface area contributed by atoms with E-state index in [9.17, 15) is 10.1 Å². The van der Waals surface area contributed by atoms with Crippen molar-refractivity contribution in [3.05, 3.63) is 67.1 Å². The maximum Gasteiger partial charge on any atom is 0.275 e. The molecule has 0 radical (unpaired) electrons. The maximum atomic E-state index is 11.0. The van der Waals surface area contributed by atoms with Crippen LogP contribution >= 0.6 is 27.5 Å². The van der Waals surface area contributed by atoms with E-state index in [2.05, 4.69) is 21.2 Å². The Morgan fingerprint density at radius 3 is 2.70 bits per heavy atom. The Hall–Kier alpha value is -1.59. The van der Waals surface area contributed by atoms with Gasteiger partial charge in [-0.3, -0.25) is 10.1 Å². The molecule has 0 atom stereocenters. The quantitative estimate of drug-likeness (QED) is 0.625. The number of halogens is 2. The van der Waals surface area contributed by atoms with Crippen LogP contribution in [-0.4, -0.2) is 4.92 Å². The summed E-state index contributed by atoms with van der Waals surface area (Å²) in [5, 5.41) is 14.6. The number of anilines is 1. The number of nitro benzene ring substituents is 1. The molecular weight excluding hydrogens is 344 g/mol. The minimum absolute atomic E-state index is 0.0220. The molecule has 0 saturated heterocycles. The smallest absolute Gasteiger partial charge is 0.275 e. The Balaban J connectivity index is 2.27. The molecule has 0 unspecified atom stereocenters. The highest BCUT2D eigenvalue weighted by Gasteiger charge is 2.16. The topological polar surface area (TPSA) is 55.2 Å². The van der Waals surface area contributed by atoms with Gasteiger partial charge in [0.05, 0.1) is 15.5 Å². The summed E-state index contributed by atoms with van der Waals surface area (Å²) in [6.45, 7) is 2.27. The standard InChI is InChI=1S/C14H12BrClN2O2/c1-9-4-2-6-12(14(9)15)17-8-10-11(16)5-3-7-13(10)18(19)20/h2-7,17H,8H2,1H3. The summed E-state index contributed by atoms with van der Waals surface area (Å²) in [5.41, 5.74) is 2.46. The Bertz CT molecular complexity index is 662. The van der Waals surface area contributed by atoms with E-state index in [1.807, 2.05) is 25.1 Å². The summed E-state index contributed by atoms with van der Waals surface area (Å²) in [7, 11) is 0. The lowest BCUT2D eigenvalue weighted by Gasteiger charge is -2.11. The molecule has 2 aromatic rings. The van der Waals surface area contributed by atoms with Crippen molar-refractivity contribution in [3.63, 3.8) is 0 Å². The highest BCUT2D eigenvalue weighted by molar-refractivity contribution is 9.10. The van der Waals surface area contributed by atoms with Gasteiger partial charge in [0, 0.05) is 22.8 Å². The fourth-order valence-corrected chi connectivity index (χ4v) is 2.50. The predicted molar refractivity (Wildman–Crippen MR) is 84.3 cm³/mol. The summed E-state index contributed by atoms with van der Waals surface area (Å²) >= 11 is 9.54. The van der Waals surface area contributed by atoms with Crippen LogP contribution in [0.4, 0.5) is 11.4 Å². The summed E-state index contributed by atoms with van der Waals surface area (Å²) in [6.07, 6.45) is 0. The van der Waals surface area contributed by atoms with Crippen LogP contribution in [0.5, 0.6) is 0 Å². The zero-order valence-corrected chi connectivity index (χ0v) is 13.0. The van der Waals surface area contributed by atoms with Gasteiger partial charge in [0.25, 0.3) is 5.69 Å². The highest BCUT2D eigenvalue weighted by atomic mass is 79.9. The van der Waals surface area contributed by atoms with Crippen LogP contribution in [0.15, 0.2) is 40.9 Å². The lowest BCUT2D eigenvalue weighted by Crippen LogP contribution is -2.04. The van der Waals surface area contributed by atoms with Crippen LogP contribution in [0.3, 0.4) is 0 Å². The van der Waals surface area contributed by atoms with E-state index in [0.29, 0.717) is 10.6 Å². The molecule has 20 heavy (non-hydrogen) atoms. The molecule has 0 amide bonds. The summed E-state index contributed by atoms with van der Waals surface area (Å²) < 4.78 is 0.940. The minimum atomic E-state index is -0.422. The van der Waals surface area contributed by atoms with Gasteiger partial charge in [-0.15, -0.1) is 0 Å². The van der Waals surface area contributed by atoms with Gasteiger partial charge < -0.3 is 5.32 Å². The first kappa shape index (κ1) is 14.8. The van der Waals surface area contributed by atoms with E-state index < -0.39 is 4.92 Å². The predicted octanol–water partition coefficient (Wildman–Crippen LogP) is 4.93. The monoisotopic (exact) mass is 354 g/mol.